The van der Waals surface area contributed by atoms with Gasteiger partial charge in [-0.1, -0.05) is 0 Å². The normalized spacial score (nSPS) is 31.2. The lowest BCUT2D eigenvalue weighted by molar-refractivity contribution is -0.110. The summed E-state index contributed by atoms with van der Waals surface area (Å²) < 4.78 is 9.21. The monoisotopic (exact) mass is 157 g/mol. The molecule has 1 aliphatic carbocycles. The molecule has 0 aromatic heterocycles. The molecule has 2 aliphatic rings. The van der Waals surface area contributed by atoms with Crippen LogP contribution in [0.4, 0.5) is 0 Å². The first-order valence-corrected chi connectivity index (χ1v) is 4.09. The summed E-state index contributed by atoms with van der Waals surface area (Å²) >= 11 is 1.22. The molecule has 0 bridgehead atoms. The molecule has 1 atom stereocenters. The highest BCUT2D eigenvalue weighted by Gasteiger charge is 2.34. The van der Waals surface area contributed by atoms with E-state index in [1.807, 2.05) is 0 Å². The topological polar surface area (TPSA) is 38.7 Å². The third-order valence-electron chi connectivity index (χ3n) is 1.52. The van der Waals surface area contributed by atoms with Gasteiger partial charge < -0.3 is 4.74 Å². The lowest BCUT2D eigenvalue weighted by atomic mass is 10.4. The van der Waals surface area contributed by atoms with Gasteiger partial charge >= 0.3 is 0 Å². The maximum Gasteiger partial charge on any atom is 0.221 e. The average Bonchev–Trinajstić information content (AvgIpc) is 2.70. The Balaban J connectivity index is 1.94. The summed E-state index contributed by atoms with van der Waals surface area (Å²) in [6.45, 7) is 0. The Morgan fingerprint density at radius 1 is 1.70 bits per heavy atom. The quantitative estimate of drug-likeness (QED) is 0.443. The standard InChI is InChI=1S/C6H7NO2S/c8-3-5-9-6(7-10-5)4-1-2-4/h3-5H,1-2H2. The first-order valence-electron chi connectivity index (χ1n) is 3.26. The molecular formula is C6H7NO2S. The summed E-state index contributed by atoms with van der Waals surface area (Å²) in [6.07, 6.45) is 3.12. The fraction of sp³-hybridized carbons (Fsp3) is 0.667. The second-order valence-corrected chi connectivity index (χ2v) is 3.29. The van der Waals surface area contributed by atoms with Gasteiger partial charge in [-0.05, 0) is 12.8 Å². The van der Waals surface area contributed by atoms with Crippen molar-refractivity contribution < 1.29 is 9.53 Å². The first-order chi connectivity index (χ1) is 4.90. The number of nitrogens with zero attached hydrogens (tertiary/aromatic N) is 1. The number of hydrogen-bond acceptors (Lipinski definition) is 4. The third-order valence-corrected chi connectivity index (χ3v) is 2.22. The van der Waals surface area contributed by atoms with E-state index in [4.69, 9.17) is 4.74 Å². The zero-order valence-corrected chi connectivity index (χ0v) is 6.13. The Kier molecular flexibility index (Phi) is 1.41. The van der Waals surface area contributed by atoms with E-state index in [2.05, 4.69) is 4.40 Å². The molecule has 1 unspecified atom stereocenters. The van der Waals surface area contributed by atoms with Gasteiger partial charge in [0.05, 0.1) is 0 Å². The van der Waals surface area contributed by atoms with Crippen LogP contribution in [-0.2, 0) is 9.53 Å². The molecule has 1 saturated carbocycles. The summed E-state index contributed by atoms with van der Waals surface area (Å²) in [4.78, 5) is 10.2. The van der Waals surface area contributed by atoms with Crippen LogP contribution < -0.4 is 0 Å². The average molecular weight is 157 g/mol. The number of rotatable bonds is 2. The van der Waals surface area contributed by atoms with E-state index in [1.54, 1.807) is 0 Å². The summed E-state index contributed by atoms with van der Waals surface area (Å²) in [5.74, 6) is 1.31. The molecule has 0 aromatic rings. The van der Waals surface area contributed by atoms with Crippen LogP contribution in [0.15, 0.2) is 4.40 Å². The molecule has 1 heterocycles. The van der Waals surface area contributed by atoms with Gasteiger partial charge in [-0.25, -0.2) is 0 Å². The zero-order valence-electron chi connectivity index (χ0n) is 5.32. The van der Waals surface area contributed by atoms with Crippen LogP contribution in [0.3, 0.4) is 0 Å². The Hall–Kier alpha value is -0.510. The Morgan fingerprint density at radius 2 is 2.50 bits per heavy atom. The minimum Gasteiger partial charge on any atom is -0.456 e. The zero-order chi connectivity index (χ0) is 6.97. The number of aldehydes is 1. The van der Waals surface area contributed by atoms with Gasteiger partial charge in [0.15, 0.2) is 12.2 Å². The van der Waals surface area contributed by atoms with Crippen molar-refractivity contribution in [2.24, 2.45) is 10.3 Å². The van der Waals surface area contributed by atoms with Crippen molar-refractivity contribution >= 4 is 24.1 Å². The highest BCUT2D eigenvalue weighted by Crippen LogP contribution is 2.36. The summed E-state index contributed by atoms with van der Waals surface area (Å²) in [7, 11) is 0. The largest absolute Gasteiger partial charge is 0.456 e. The van der Waals surface area contributed by atoms with Crippen molar-refractivity contribution in [1.29, 1.82) is 0 Å². The maximum atomic E-state index is 10.2. The maximum absolute atomic E-state index is 10.2. The number of ether oxygens (including phenoxy) is 1. The Labute approximate surface area is 63.0 Å². The molecular weight excluding hydrogens is 150 g/mol. The van der Waals surface area contributed by atoms with Gasteiger partial charge in [-0.2, -0.15) is 4.40 Å². The fourth-order valence-electron chi connectivity index (χ4n) is 0.820. The Bertz CT molecular complexity index is 188. The second-order valence-electron chi connectivity index (χ2n) is 2.43. The van der Waals surface area contributed by atoms with E-state index in [9.17, 15) is 4.79 Å². The van der Waals surface area contributed by atoms with Gasteiger partial charge in [-0.15, -0.1) is 0 Å². The number of hydrogen-bond donors (Lipinski definition) is 0. The van der Waals surface area contributed by atoms with Gasteiger partial charge in [-0.3, -0.25) is 4.79 Å². The van der Waals surface area contributed by atoms with Crippen molar-refractivity contribution in [1.82, 2.24) is 0 Å². The van der Waals surface area contributed by atoms with Gasteiger partial charge in [0.2, 0.25) is 5.44 Å². The molecule has 10 heavy (non-hydrogen) atoms. The summed E-state index contributed by atoms with van der Waals surface area (Å²) in [5, 5.41) is 0. The van der Waals surface area contributed by atoms with Crippen molar-refractivity contribution in [3.63, 3.8) is 0 Å². The minimum absolute atomic E-state index is 0.365. The van der Waals surface area contributed by atoms with Crippen LogP contribution in [0.2, 0.25) is 0 Å². The molecule has 0 N–H and O–H groups in total. The number of carbonyl (C=O) groups excluding carboxylic acids is 1. The molecule has 0 radical (unpaired) electrons. The van der Waals surface area contributed by atoms with Crippen LogP contribution in [0.25, 0.3) is 0 Å². The summed E-state index contributed by atoms with van der Waals surface area (Å²) in [6, 6.07) is 0. The molecule has 4 heteroatoms. The van der Waals surface area contributed by atoms with Crippen LogP contribution in [-0.4, -0.2) is 17.6 Å². The van der Waals surface area contributed by atoms with Crippen molar-refractivity contribution in [3.05, 3.63) is 0 Å². The van der Waals surface area contributed by atoms with Crippen LogP contribution >= 0.6 is 11.9 Å². The highest BCUT2D eigenvalue weighted by molar-refractivity contribution is 7.99. The van der Waals surface area contributed by atoms with Crippen molar-refractivity contribution in [3.8, 4) is 0 Å². The molecule has 0 amide bonds. The SMILES string of the molecule is O=CC1OC(C2CC2)=NS1. The molecule has 0 aromatic carbocycles. The predicted molar refractivity (Wildman–Crippen MR) is 38.7 cm³/mol. The van der Waals surface area contributed by atoms with Gasteiger partial charge in [0.1, 0.15) is 0 Å². The van der Waals surface area contributed by atoms with E-state index < -0.39 is 0 Å². The molecule has 1 aliphatic heterocycles. The molecule has 3 nitrogen and oxygen atoms in total. The molecule has 1 fully saturated rings. The van der Waals surface area contributed by atoms with E-state index in [-0.39, 0.29) is 5.44 Å². The highest BCUT2D eigenvalue weighted by atomic mass is 32.2. The van der Waals surface area contributed by atoms with Gasteiger partial charge in [0, 0.05) is 17.9 Å². The second kappa shape index (κ2) is 2.27. The van der Waals surface area contributed by atoms with Crippen molar-refractivity contribution in [2.45, 2.75) is 18.3 Å². The van der Waals surface area contributed by atoms with Crippen LogP contribution in [0.5, 0.6) is 0 Å². The smallest absolute Gasteiger partial charge is 0.221 e. The van der Waals surface area contributed by atoms with E-state index in [0.717, 1.165) is 12.2 Å². The van der Waals surface area contributed by atoms with Crippen molar-refractivity contribution in [2.75, 3.05) is 0 Å². The lowest BCUT2D eigenvalue weighted by Crippen LogP contribution is -2.10. The van der Waals surface area contributed by atoms with E-state index in [1.165, 1.54) is 24.8 Å². The van der Waals surface area contributed by atoms with Gasteiger partial charge in [0.25, 0.3) is 0 Å². The van der Waals surface area contributed by atoms with E-state index >= 15 is 0 Å². The third kappa shape index (κ3) is 1.03. The predicted octanol–water partition coefficient (Wildman–Crippen LogP) is 0.998. The minimum atomic E-state index is -0.365. The Morgan fingerprint density at radius 3 is 3.00 bits per heavy atom. The lowest BCUT2D eigenvalue weighted by Gasteiger charge is -1.99. The van der Waals surface area contributed by atoms with Crippen LogP contribution in [0, 0.1) is 5.92 Å². The summed E-state index contributed by atoms with van der Waals surface area (Å²) in [5.41, 5.74) is -0.365. The van der Waals surface area contributed by atoms with E-state index in [0.29, 0.717) is 5.92 Å². The fourth-order valence-corrected chi connectivity index (χ4v) is 1.41. The molecule has 54 valence electrons. The molecule has 0 saturated heterocycles. The molecule has 0 spiro atoms. The first kappa shape index (κ1) is 6.22. The number of carbonyl (C=O) groups is 1. The van der Waals surface area contributed by atoms with Crippen LogP contribution in [0.1, 0.15) is 12.8 Å². The molecule has 2 rings (SSSR count).